The van der Waals surface area contributed by atoms with Crippen LogP contribution in [0.3, 0.4) is 0 Å². The fourth-order valence-electron chi connectivity index (χ4n) is 3.51. The summed E-state index contributed by atoms with van der Waals surface area (Å²) in [7, 11) is 3.07. The highest BCUT2D eigenvalue weighted by Crippen LogP contribution is 2.39. The molecule has 0 aliphatic carbocycles. The van der Waals surface area contributed by atoms with Gasteiger partial charge in [-0.1, -0.05) is 43.3 Å². The molecule has 0 radical (unpaired) electrons. The van der Waals surface area contributed by atoms with Crippen LogP contribution in [-0.2, 0) is 20.7 Å². The molecular formula is C23H25NO5. The molecule has 3 rings (SSSR count). The second-order valence-electron chi connectivity index (χ2n) is 6.81. The van der Waals surface area contributed by atoms with Gasteiger partial charge >= 0.3 is 0 Å². The lowest BCUT2D eigenvalue weighted by atomic mass is 9.94. The Bertz CT molecular complexity index is 933. The van der Waals surface area contributed by atoms with Crippen molar-refractivity contribution < 1.29 is 24.2 Å². The van der Waals surface area contributed by atoms with Gasteiger partial charge in [0.2, 0.25) is 0 Å². The molecule has 152 valence electrons. The number of benzene rings is 2. The highest BCUT2D eigenvalue weighted by atomic mass is 16.5. The number of aliphatic hydroxyl groups is 1. The average molecular weight is 395 g/mol. The first-order chi connectivity index (χ1) is 14.0. The molecule has 0 aromatic heterocycles. The van der Waals surface area contributed by atoms with Crippen LogP contribution in [0.4, 0.5) is 0 Å². The van der Waals surface area contributed by atoms with E-state index in [0.29, 0.717) is 11.3 Å². The predicted octanol–water partition coefficient (Wildman–Crippen LogP) is 3.33. The molecule has 1 amide bonds. The summed E-state index contributed by atoms with van der Waals surface area (Å²) in [6.45, 7) is 2.59. The molecule has 6 heteroatoms. The van der Waals surface area contributed by atoms with Crippen molar-refractivity contribution in [2.45, 2.75) is 19.4 Å². The van der Waals surface area contributed by atoms with E-state index in [4.69, 9.17) is 9.47 Å². The Labute approximate surface area is 170 Å². The van der Waals surface area contributed by atoms with Crippen molar-refractivity contribution in [2.75, 3.05) is 27.4 Å². The topological polar surface area (TPSA) is 76.1 Å². The zero-order valence-corrected chi connectivity index (χ0v) is 16.8. The molecule has 1 aliphatic heterocycles. The van der Waals surface area contributed by atoms with E-state index in [-0.39, 0.29) is 24.5 Å². The van der Waals surface area contributed by atoms with Crippen LogP contribution in [0.5, 0.6) is 5.75 Å². The van der Waals surface area contributed by atoms with E-state index in [1.807, 2.05) is 24.3 Å². The fraction of sp³-hybridized carbons (Fsp3) is 0.304. The van der Waals surface area contributed by atoms with E-state index in [1.54, 1.807) is 24.3 Å². The SMILES string of the molecule is CCc1ccc(C2C(=C(O)c3cccc(OC)c3)C(=O)C(=O)N2CCOC)cc1. The highest BCUT2D eigenvalue weighted by molar-refractivity contribution is 6.46. The average Bonchev–Trinajstić information content (AvgIpc) is 3.02. The quantitative estimate of drug-likeness (QED) is 0.442. The summed E-state index contributed by atoms with van der Waals surface area (Å²) in [5, 5.41) is 11.0. The molecule has 0 spiro atoms. The minimum absolute atomic E-state index is 0.0728. The lowest BCUT2D eigenvalue weighted by Gasteiger charge is -2.25. The van der Waals surface area contributed by atoms with Crippen molar-refractivity contribution in [2.24, 2.45) is 0 Å². The summed E-state index contributed by atoms with van der Waals surface area (Å²) in [5.74, 6) is -1.01. The Hall–Kier alpha value is -3.12. The van der Waals surface area contributed by atoms with Crippen molar-refractivity contribution >= 4 is 17.4 Å². The van der Waals surface area contributed by atoms with Crippen LogP contribution < -0.4 is 4.74 Å². The molecule has 1 saturated heterocycles. The lowest BCUT2D eigenvalue weighted by Crippen LogP contribution is -2.32. The zero-order chi connectivity index (χ0) is 21.0. The standard InChI is InChI=1S/C23H25NO5/c1-4-15-8-10-16(11-9-15)20-19(22(26)23(27)24(20)12-13-28-2)21(25)17-6-5-7-18(14-17)29-3/h5-11,14,20,25H,4,12-13H2,1-3H3. The summed E-state index contributed by atoms with van der Waals surface area (Å²) in [5.41, 5.74) is 2.41. The van der Waals surface area contributed by atoms with E-state index in [0.717, 1.165) is 17.5 Å². The number of ether oxygens (including phenoxy) is 2. The van der Waals surface area contributed by atoms with Gasteiger partial charge in [0.1, 0.15) is 11.5 Å². The Balaban J connectivity index is 2.14. The maximum absolute atomic E-state index is 12.9. The number of amides is 1. The van der Waals surface area contributed by atoms with Gasteiger partial charge in [-0.05, 0) is 29.7 Å². The van der Waals surface area contributed by atoms with E-state index in [9.17, 15) is 14.7 Å². The maximum Gasteiger partial charge on any atom is 0.295 e. The third kappa shape index (κ3) is 4.03. The summed E-state index contributed by atoms with van der Waals surface area (Å²) < 4.78 is 10.3. The monoisotopic (exact) mass is 395 g/mol. The van der Waals surface area contributed by atoms with Crippen LogP contribution >= 0.6 is 0 Å². The smallest absolute Gasteiger partial charge is 0.295 e. The number of likely N-dealkylation sites (tertiary alicyclic amines) is 1. The maximum atomic E-state index is 12.9. The summed E-state index contributed by atoms with van der Waals surface area (Å²) >= 11 is 0. The van der Waals surface area contributed by atoms with Gasteiger partial charge in [-0.15, -0.1) is 0 Å². The van der Waals surface area contributed by atoms with Crippen LogP contribution in [0.15, 0.2) is 54.1 Å². The Morgan fingerprint density at radius 1 is 1.10 bits per heavy atom. The number of hydrogen-bond donors (Lipinski definition) is 1. The molecule has 1 heterocycles. The number of Topliss-reactive ketones (excluding diaryl/α,β-unsaturated/α-hetero) is 1. The predicted molar refractivity (Wildman–Crippen MR) is 110 cm³/mol. The fourth-order valence-corrected chi connectivity index (χ4v) is 3.51. The molecule has 0 saturated carbocycles. The summed E-state index contributed by atoms with van der Waals surface area (Å²) in [6, 6.07) is 13.8. The molecule has 1 fully saturated rings. The number of aryl methyl sites for hydroxylation is 1. The third-order valence-electron chi connectivity index (χ3n) is 5.12. The second-order valence-corrected chi connectivity index (χ2v) is 6.81. The minimum Gasteiger partial charge on any atom is -0.507 e. The van der Waals surface area contributed by atoms with Gasteiger partial charge in [0.05, 0.1) is 25.3 Å². The molecule has 0 bridgehead atoms. The molecule has 1 aliphatic rings. The molecule has 6 nitrogen and oxygen atoms in total. The van der Waals surface area contributed by atoms with Crippen LogP contribution in [0.1, 0.15) is 29.7 Å². The number of aliphatic hydroxyl groups excluding tert-OH is 1. The third-order valence-corrected chi connectivity index (χ3v) is 5.12. The first-order valence-corrected chi connectivity index (χ1v) is 9.52. The normalized spacial score (nSPS) is 18.3. The van der Waals surface area contributed by atoms with Gasteiger partial charge in [-0.25, -0.2) is 0 Å². The van der Waals surface area contributed by atoms with Gasteiger partial charge < -0.3 is 19.5 Å². The highest BCUT2D eigenvalue weighted by Gasteiger charge is 2.45. The molecule has 1 atom stereocenters. The van der Waals surface area contributed by atoms with Gasteiger partial charge in [0.25, 0.3) is 11.7 Å². The van der Waals surface area contributed by atoms with Crippen molar-refractivity contribution in [1.82, 2.24) is 4.90 Å². The molecular weight excluding hydrogens is 370 g/mol. The van der Waals surface area contributed by atoms with Gasteiger partial charge in [-0.2, -0.15) is 0 Å². The molecule has 2 aromatic rings. The lowest BCUT2D eigenvalue weighted by molar-refractivity contribution is -0.140. The van der Waals surface area contributed by atoms with E-state index in [1.165, 1.54) is 19.1 Å². The Morgan fingerprint density at radius 2 is 1.83 bits per heavy atom. The van der Waals surface area contributed by atoms with E-state index >= 15 is 0 Å². The van der Waals surface area contributed by atoms with Crippen molar-refractivity contribution in [3.63, 3.8) is 0 Å². The molecule has 1 N–H and O–H groups in total. The van der Waals surface area contributed by atoms with Crippen LogP contribution in [0.25, 0.3) is 5.76 Å². The first-order valence-electron chi connectivity index (χ1n) is 9.52. The largest absolute Gasteiger partial charge is 0.507 e. The number of carbonyl (C=O) groups is 2. The zero-order valence-electron chi connectivity index (χ0n) is 16.8. The molecule has 1 unspecified atom stereocenters. The Morgan fingerprint density at radius 3 is 2.45 bits per heavy atom. The van der Waals surface area contributed by atoms with Crippen LogP contribution in [0.2, 0.25) is 0 Å². The second kappa shape index (κ2) is 8.92. The van der Waals surface area contributed by atoms with Crippen molar-refractivity contribution in [3.8, 4) is 5.75 Å². The minimum atomic E-state index is -0.703. The van der Waals surface area contributed by atoms with Crippen LogP contribution in [0, 0.1) is 0 Å². The van der Waals surface area contributed by atoms with E-state index < -0.39 is 17.7 Å². The summed E-state index contributed by atoms with van der Waals surface area (Å²) in [6.07, 6.45) is 0.883. The number of rotatable bonds is 7. The number of methoxy groups -OCH3 is 2. The van der Waals surface area contributed by atoms with Gasteiger partial charge in [0, 0.05) is 19.2 Å². The van der Waals surface area contributed by atoms with Gasteiger partial charge in [-0.3, -0.25) is 9.59 Å². The number of nitrogens with zero attached hydrogens (tertiary/aromatic N) is 1. The van der Waals surface area contributed by atoms with Crippen molar-refractivity contribution in [3.05, 3.63) is 70.8 Å². The summed E-state index contributed by atoms with van der Waals surface area (Å²) in [4.78, 5) is 27.1. The van der Waals surface area contributed by atoms with E-state index in [2.05, 4.69) is 6.92 Å². The number of carbonyl (C=O) groups excluding carboxylic acids is 2. The molecule has 2 aromatic carbocycles. The Kier molecular flexibility index (Phi) is 6.34. The number of hydrogen-bond acceptors (Lipinski definition) is 5. The first kappa shape index (κ1) is 20.6. The molecule has 29 heavy (non-hydrogen) atoms. The van der Waals surface area contributed by atoms with Crippen LogP contribution in [-0.4, -0.2) is 49.1 Å². The van der Waals surface area contributed by atoms with Gasteiger partial charge in [0.15, 0.2) is 0 Å². The number of ketones is 1. The van der Waals surface area contributed by atoms with Crippen molar-refractivity contribution in [1.29, 1.82) is 0 Å².